The molecule has 0 aliphatic carbocycles. The van der Waals surface area contributed by atoms with E-state index in [1.807, 2.05) is 0 Å². The maximum atomic E-state index is 10.9. The van der Waals surface area contributed by atoms with Crippen LogP contribution in [0.2, 0.25) is 0 Å². The summed E-state index contributed by atoms with van der Waals surface area (Å²) in [6.07, 6.45) is 1.50. The zero-order chi connectivity index (χ0) is 13.4. The molecule has 0 saturated heterocycles. The predicted molar refractivity (Wildman–Crippen MR) is 62.5 cm³/mol. The van der Waals surface area contributed by atoms with E-state index in [0.717, 1.165) is 4.85 Å². The fraction of sp³-hybridized carbons (Fsp3) is 0.100. The van der Waals surface area contributed by atoms with E-state index >= 15 is 0 Å². The van der Waals surface area contributed by atoms with Crippen LogP contribution in [0.15, 0.2) is 22.8 Å². The number of hydrogen-bond acceptors (Lipinski definition) is 8. The molecule has 0 spiro atoms. The molecule has 96 valence electrons. The number of rotatable bonds is 2. The van der Waals surface area contributed by atoms with Crippen LogP contribution in [0, 0.1) is 0 Å². The molecule has 9 heteroatoms. The standard InChI is InChI=1S/C10H8N6O3/c1-5(17)19-16-9-8(14-15-16)7(12-10(11)13-9)6-3-2-4-18-6/h2-4H,1H3,(H2,11,12,13). The van der Waals surface area contributed by atoms with Gasteiger partial charge in [-0.05, 0) is 22.2 Å². The summed E-state index contributed by atoms with van der Waals surface area (Å²) in [7, 11) is 0. The fourth-order valence-corrected chi connectivity index (χ4v) is 1.58. The van der Waals surface area contributed by atoms with Gasteiger partial charge in [0, 0.05) is 6.92 Å². The van der Waals surface area contributed by atoms with Gasteiger partial charge in [-0.15, -0.1) is 5.10 Å². The van der Waals surface area contributed by atoms with Gasteiger partial charge in [0.25, 0.3) is 0 Å². The van der Waals surface area contributed by atoms with Crippen LogP contribution >= 0.6 is 0 Å². The molecular formula is C10H8N6O3. The molecule has 3 rings (SSSR count). The highest BCUT2D eigenvalue weighted by Gasteiger charge is 2.18. The third-order valence-electron chi connectivity index (χ3n) is 2.26. The molecule has 19 heavy (non-hydrogen) atoms. The molecule has 2 N–H and O–H groups in total. The van der Waals surface area contributed by atoms with Gasteiger partial charge >= 0.3 is 5.97 Å². The molecule has 3 aromatic rings. The summed E-state index contributed by atoms with van der Waals surface area (Å²) in [5, 5.41) is 7.53. The molecule has 0 fully saturated rings. The van der Waals surface area contributed by atoms with Gasteiger partial charge in [0.2, 0.25) is 11.6 Å². The number of nitrogens with zero attached hydrogens (tertiary/aromatic N) is 5. The fourth-order valence-electron chi connectivity index (χ4n) is 1.58. The van der Waals surface area contributed by atoms with E-state index in [1.54, 1.807) is 12.1 Å². The molecule has 3 aromatic heterocycles. The summed E-state index contributed by atoms with van der Waals surface area (Å²) in [4.78, 5) is 24.7. The monoisotopic (exact) mass is 260 g/mol. The number of furan rings is 1. The Morgan fingerprint density at radius 3 is 3.00 bits per heavy atom. The topological polar surface area (TPSA) is 122 Å². The number of fused-ring (bicyclic) bond motifs is 1. The summed E-state index contributed by atoms with van der Waals surface area (Å²) in [5.41, 5.74) is 6.51. The van der Waals surface area contributed by atoms with Crippen molar-refractivity contribution in [3.8, 4) is 11.5 Å². The van der Waals surface area contributed by atoms with Crippen LogP contribution in [-0.4, -0.2) is 31.1 Å². The number of carbonyl (C=O) groups excluding carboxylic acids is 1. The van der Waals surface area contributed by atoms with Crippen LogP contribution in [-0.2, 0) is 4.79 Å². The van der Waals surface area contributed by atoms with E-state index in [-0.39, 0.29) is 11.6 Å². The molecule has 0 radical (unpaired) electrons. The third-order valence-corrected chi connectivity index (χ3v) is 2.26. The molecule has 0 aromatic carbocycles. The lowest BCUT2D eigenvalue weighted by Gasteiger charge is -2.01. The first kappa shape index (κ1) is 11.1. The summed E-state index contributed by atoms with van der Waals surface area (Å²) in [5.74, 6) is -0.0906. The van der Waals surface area contributed by atoms with E-state index in [0.29, 0.717) is 17.0 Å². The van der Waals surface area contributed by atoms with Gasteiger partial charge in [0.15, 0.2) is 11.3 Å². The average Bonchev–Trinajstić information content (AvgIpc) is 2.98. The number of nitrogen functional groups attached to an aromatic ring is 1. The Hall–Kier alpha value is -2.97. The smallest absolute Gasteiger partial charge is 0.332 e. The Kier molecular flexibility index (Phi) is 2.37. The average molecular weight is 260 g/mol. The van der Waals surface area contributed by atoms with Gasteiger partial charge in [-0.1, -0.05) is 0 Å². The van der Waals surface area contributed by atoms with Gasteiger partial charge in [0.05, 0.1) is 6.26 Å². The van der Waals surface area contributed by atoms with Crippen molar-refractivity contribution in [2.75, 3.05) is 5.73 Å². The van der Waals surface area contributed by atoms with Crippen LogP contribution in [0.25, 0.3) is 22.6 Å². The molecule has 0 unspecified atom stereocenters. The quantitative estimate of drug-likeness (QED) is 0.640. The zero-order valence-corrected chi connectivity index (χ0v) is 9.77. The SMILES string of the molecule is CC(=O)On1nnc2c(-c3ccco3)nc(N)nc21. The van der Waals surface area contributed by atoms with Crippen molar-refractivity contribution in [2.45, 2.75) is 6.92 Å². The second-order valence-corrected chi connectivity index (χ2v) is 3.63. The van der Waals surface area contributed by atoms with Crippen molar-refractivity contribution < 1.29 is 14.0 Å². The Morgan fingerprint density at radius 2 is 2.32 bits per heavy atom. The third kappa shape index (κ3) is 1.86. The van der Waals surface area contributed by atoms with Crippen molar-refractivity contribution in [2.24, 2.45) is 0 Å². The minimum Gasteiger partial charge on any atom is -0.463 e. The second kappa shape index (κ2) is 4.05. The largest absolute Gasteiger partial charge is 0.463 e. The van der Waals surface area contributed by atoms with Gasteiger partial charge in [0.1, 0.15) is 5.69 Å². The van der Waals surface area contributed by atoms with Crippen LogP contribution in [0.4, 0.5) is 5.95 Å². The summed E-state index contributed by atoms with van der Waals surface area (Å²) in [6.45, 7) is 1.24. The van der Waals surface area contributed by atoms with Crippen molar-refractivity contribution in [1.29, 1.82) is 0 Å². The van der Waals surface area contributed by atoms with E-state index < -0.39 is 5.97 Å². The number of anilines is 1. The molecule has 0 amide bonds. The highest BCUT2D eigenvalue weighted by molar-refractivity contribution is 5.86. The highest BCUT2D eigenvalue weighted by Crippen LogP contribution is 2.24. The normalized spacial score (nSPS) is 10.8. The first-order chi connectivity index (χ1) is 9.15. The second-order valence-electron chi connectivity index (χ2n) is 3.63. The highest BCUT2D eigenvalue weighted by atomic mass is 16.7. The maximum Gasteiger partial charge on any atom is 0.332 e. The molecule has 0 saturated carbocycles. The first-order valence-electron chi connectivity index (χ1n) is 5.27. The van der Waals surface area contributed by atoms with Gasteiger partial charge < -0.3 is 15.0 Å². The van der Waals surface area contributed by atoms with E-state index in [2.05, 4.69) is 20.3 Å². The minimum absolute atomic E-state index is 0.00500. The molecule has 0 atom stereocenters. The van der Waals surface area contributed by atoms with Crippen LogP contribution < -0.4 is 10.6 Å². The molecule has 0 aliphatic rings. The predicted octanol–water partition coefficient (Wildman–Crippen LogP) is 0.0386. The van der Waals surface area contributed by atoms with Gasteiger partial charge in [-0.3, -0.25) is 0 Å². The van der Waals surface area contributed by atoms with Crippen molar-refractivity contribution in [3.05, 3.63) is 18.4 Å². The summed E-state index contributed by atoms with van der Waals surface area (Å²) < 4.78 is 5.24. The van der Waals surface area contributed by atoms with Crippen molar-refractivity contribution in [1.82, 2.24) is 25.1 Å². The number of aromatic nitrogens is 5. The Labute approximate surface area is 105 Å². The summed E-state index contributed by atoms with van der Waals surface area (Å²) in [6, 6.07) is 3.40. The molecular weight excluding hydrogens is 252 g/mol. The molecule has 0 bridgehead atoms. The van der Waals surface area contributed by atoms with Crippen LogP contribution in [0.3, 0.4) is 0 Å². The van der Waals surface area contributed by atoms with Crippen LogP contribution in [0.1, 0.15) is 6.92 Å². The Morgan fingerprint density at radius 1 is 1.47 bits per heavy atom. The number of carbonyl (C=O) groups is 1. The number of nitrogens with two attached hydrogens (primary N) is 1. The van der Waals surface area contributed by atoms with Gasteiger partial charge in [-0.2, -0.15) is 4.98 Å². The first-order valence-corrected chi connectivity index (χ1v) is 5.27. The summed E-state index contributed by atoms with van der Waals surface area (Å²) >= 11 is 0. The van der Waals surface area contributed by atoms with E-state index in [9.17, 15) is 4.79 Å². The lowest BCUT2D eigenvalue weighted by atomic mass is 10.3. The molecule has 3 heterocycles. The maximum absolute atomic E-state index is 10.9. The number of hydrogen-bond donors (Lipinski definition) is 1. The minimum atomic E-state index is -0.552. The van der Waals surface area contributed by atoms with Crippen LogP contribution in [0.5, 0.6) is 0 Å². The van der Waals surface area contributed by atoms with Gasteiger partial charge in [-0.25, -0.2) is 9.78 Å². The Bertz CT molecular complexity index is 748. The van der Waals surface area contributed by atoms with E-state index in [4.69, 9.17) is 15.0 Å². The molecule has 0 aliphatic heterocycles. The Balaban J connectivity index is 2.24. The lowest BCUT2D eigenvalue weighted by Crippen LogP contribution is -2.18. The van der Waals surface area contributed by atoms with Crippen molar-refractivity contribution >= 4 is 23.1 Å². The van der Waals surface area contributed by atoms with E-state index in [1.165, 1.54) is 13.2 Å². The zero-order valence-electron chi connectivity index (χ0n) is 9.77. The molecule has 9 nitrogen and oxygen atoms in total. The lowest BCUT2D eigenvalue weighted by molar-refractivity contribution is -0.142. The van der Waals surface area contributed by atoms with Crippen molar-refractivity contribution in [3.63, 3.8) is 0 Å².